The van der Waals surface area contributed by atoms with Crippen LogP contribution in [0.4, 0.5) is 0 Å². The van der Waals surface area contributed by atoms with E-state index in [1.165, 1.54) is 57.7 Å². The minimum Gasteiger partial charge on any atom is -0.683 e. The smallest absolute Gasteiger partial charge is 0.683 e. The Morgan fingerprint density at radius 1 is 0.746 bits per heavy atom. The first-order chi connectivity index (χ1) is 35.4. The fourth-order valence-corrected chi connectivity index (χ4v) is 8.56. The first-order valence-electron chi connectivity index (χ1n) is 26.7. The first-order valence-corrected chi connectivity index (χ1v) is 22.2. The van der Waals surface area contributed by atoms with Crippen LogP contribution in [0.2, 0.25) is 0 Å². The Morgan fingerprint density at radius 2 is 1.43 bits per heavy atom. The van der Waals surface area contributed by atoms with Gasteiger partial charge in [0.05, 0.1) is 33.9 Å². The van der Waals surface area contributed by atoms with Gasteiger partial charge in [0.25, 0.3) is 0 Å². The molecule has 0 radical (unpaired) electrons. The molecule has 334 valence electrons. The number of fused-ring (bicyclic) bond motifs is 4. The Balaban J connectivity index is 0.000000258. The molecule has 0 saturated heterocycles. The van der Waals surface area contributed by atoms with Gasteiger partial charge in [-0.2, -0.15) is 46.9 Å². The molecule has 0 spiro atoms. The van der Waals surface area contributed by atoms with Gasteiger partial charge in [-0.3, -0.25) is 4.98 Å². The molecule has 0 N–H and O–H groups in total. The van der Waals surface area contributed by atoms with Crippen molar-refractivity contribution in [1.82, 2.24) is 9.55 Å². The fourth-order valence-electron chi connectivity index (χ4n) is 8.56. The van der Waals surface area contributed by atoms with Gasteiger partial charge in [0, 0.05) is 23.4 Å². The molecule has 0 saturated carbocycles. The third-order valence-electron chi connectivity index (χ3n) is 12.3. The number of nitrogens with zero attached hydrogens (tertiary/aromatic N) is 4. The molecule has 67 heavy (non-hydrogen) atoms. The number of aryl methyl sites for hydroxylation is 1. The Labute approximate surface area is 421 Å². The second kappa shape index (κ2) is 19.2. The van der Waals surface area contributed by atoms with E-state index in [1.54, 1.807) is 0 Å². The molecule has 5 nitrogen and oxygen atoms in total. The van der Waals surface area contributed by atoms with E-state index >= 15 is 0 Å². The molecule has 2 aromatic heterocycles. The van der Waals surface area contributed by atoms with Crippen molar-refractivity contribution in [2.24, 2.45) is 0 Å². The summed E-state index contributed by atoms with van der Waals surface area (Å²) in [5.74, 6) is 1.27. The van der Waals surface area contributed by atoms with Gasteiger partial charge in [0.1, 0.15) is 5.58 Å². The monoisotopic (exact) mass is 1060 g/mol. The Morgan fingerprint density at radius 3 is 2.09 bits per heavy atom. The fraction of sp³-hybridized carbons (Fsp3) is 0.213. The maximum absolute atomic E-state index is 9.82. The Kier molecular flexibility index (Phi) is 10.4. The average molecular weight is 1060 g/mol. The van der Waals surface area contributed by atoms with Gasteiger partial charge in [-0.05, 0) is 109 Å². The second-order valence-electron chi connectivity index (χ2n) is 17.9. The zero-order chi connectivity index (χ0) is 53.8. The molecule has 0 bridgehead atoms. The van der Waals surface area contributed by atoms with Crippen molar-refractivity contribution in [2.75, 3.05) is 0 Å². The van der Waals surface area contributed by atoms with E-state index in [1.807, 2.05) is 38.1 Å². The summed E-state index contributed by atoms with van der Waals surface area (Å²) in [5.41, 5.74) is 13.0. The Bertz CT molecular complexity index is 3660. The standard InChI is InChI=1S/C47H40N3O.C14H15N.Ir/c1-29(2)39-25-34(33-21-19-32(20-22-33)31-13-8-7-9-14-31)26-40(30(3)4)44(39)50-42-18-11-10-17-41(42)49-46(50)38-16-12-15-37-36-24-23-35(47(5,6)28-48)27-43(36)51-45(37)38;1-10-4-6-13(7-5-10)14-8-11(2)12(3)9-15-14;/h7-15,17-27,29-30H,1-6H3;4-6,8-9,14H,1-3H3;/q-1;-2;+3/i;1D3,2D3,3D3;. The van der Waals surface area contributed by atoms with Crippen molar-refractivity contribution in [3.8, 4) is 45.4 Å². The van der Waals surface area contributed by atoms with Crippen LogP contribution in [0.5, 0.6) is 0 Å². The number of hydrogen-bond acceptors (Lipinski definition) is 3. The maximum Gasteiger partial charge on any atom is 3.00 e. The molecule has 6 heteroatoms. The average Bonchev–Trinajstić information content (AvgIpc) is 3.98. The summed E-state index contributed by atoms with van der Waals surface area (Å²) in [6.45, 7) is 5.53. The normalized spacial score (nSPS) is 16.3. The molecule has 0 amide bonds. The topological polar surface area (TPSA) is 68.8 Å². The van der Waals surface area contributed by atoms with Crippen molar-refractivity contribution in [3.05, 3.63) is 208 Å². The molecule has 7 aromatic carbocycles. The van der Waals surface area contributed by atoms with E-state index in [0.717, 1.165) is 61.8 Å². The van der Waals surface area contributed by atoms with E-state index in [9.17, 15) is 5.26 Å². The van der Waals surface area contributed by atoms with Gasteiger partial charge in [-0.15, -0.1) is 18.2 Å². The van der Waals surface area contributed by atoms with Crippen molar-refractivity contribution >= 4 is 33.0 Å². The van der Waals surface area contributed by atoms with Crippen molar-refractivity contribution < 1.29 is 36.9 Å². The summed E-state index contributed by atoms with van der Waals surface area (Å²) in [5, 5.41) is 15.9. The molecular formula is C61H55IrN4O. The van der Waals surface area contributed by atoms with Gasteiger partial charge in [0.15, 0.2) is 0 Å². The van der Waals surface area contributed by atoms with Crippen LogP contribution < -0.4 is 0 Å². The van der Waals surface area contributed by atoms with Crippen LogP contribution in [-0.2, 0) is 25.5 Å². The summed E-state index contributed by atoms with van der Waals surface area (Å²) < 4.78 is 76.0. The zero-order valence-corrected chi connectivity index (χ0v) is 40.6. The summed E-state index contributed by atoms with van der Waals surface area (Å²) in [7, 11) is 0. The zero-order valence-electron chi connectivity index (χ0n) is 47.2. The quantitative estimate of drug-likeness (QED) is 0.142. The number of para-hydroxylation sites is 2. The largest absolute Gasteiger partial charge is 3.00 e. The molecule has 1 aliphatic heterocycles. The van der Waals surface area contributed by atoms with Crippen LogP contribution in [0.3, 0.4) is 0 Å². The summed E-state index contributed by atoms with van der Waals surface area (Å²) in [6.07, 6.45) is 2.33. The predicted molar refractivity (Wildman–Crippen MR) is 274 cm³/mol. The number of benzene rings is 7. The van der Waals surface area contributed by atoms with Crippen LogP contribution >= 0.6 is 0 Å². The van der Waals surface area contributed by atoms with E-state index in [4.69, 9.17) is 21.7 Å². The maximum atomic E-state index is 9.82. The van der Waals surface area contributed by atoms with Crippen molar-refractivity contribution in [1.29, 1.82) is 5.26 Å². The Hall–Kier alpha value is -6.77. The first kappa shape index (κ1) is 36.4. The molecule has 3 heterocycles. The molecule has 10 rings (SSSR count). The number of furan rings is 1. The number of aromatic nitrogens is 2. The number of nitriles is 1. The van der Waals surface area contributed by atoms with Gasteiger partial charge < -0.3 is 14.3 Å². The van der Waals surface area contributed by atoms with Crippen LogP contribution in [0.1, 0.15) is 113 Å². The van der Waals surface area contributed by atoms with E-state index < -0.39 is 32.0 Å². The van der Waals surface area contributed by atoms with Crippen LogP contribution in [0.25, 0.3) is 77.6 Å². The van der Waals surface area contributed by atoms with Gasteiger partial charge in [-0.1, -0.05) is 148 Å². The summed E-state index contributed by atoms with van der Waals surface area (Å²) in [6, 6.07) is 54.9. The van der Waals surface area contributed by atoms with E-state index in [0.29, 0.717) is 5.56 Å². The van der Waals surface area contributed by atoms with Crippen LogP contribution in [0, 0.1) is 30.3 Å². The van der Waals surface area contributed by atoms with Gasteiger partial charge >= 0.3 is 20.1 Å². The molecule has 9 aromatic rings. The van der Waals surface area contributed by atoms with E-state index in [2.05, 4.69) is 153 Å². The molecular weight excluding hydrogens is 997 g/mol. The second-order valence-corrected chi connectivity index (χ2v) is 17.9. The van der Waals surface area contributed by atoms with Crippen molar-refractivity contribution in [2.45, 2.75) is 85.4 Å². The molecule has 1 aliphatic rings. The van der Waals surface area contributed by atoms with Gasteiger partial charge in [-0.25, -0.2) is 0 Å². The van der Waals surface area contributed by atoms with Crippen molar-refractivity contribution in [3.63, 3.8) is 0 Å². The van der Waals surface area contributed by atoms with E-state index in [-0.39, 0.29) is 48.7 Å². The molecule has 1 atom stereocenters. The molecule has 1 unspecified atom stereocenters. The van der Waals surface area contributed by atoms with Crippen LogP contribution in [0.15, 0.2) is 167 Å². The third-order valence-corrected chi connectivity index (χ3v) is 12.3. The minimum absolute atomic E-state index is 0. The molecule has 0 fully saturated rings. The minimum atomic E-state index is -2.59. The number of imidazole rings is 1. The number of allylic oxidation sites excluding steroid dienone is 2. The molecule has 0 aliphatic carbocycles. The third kappa shape index (κ3) is 9.20. The summed E-state index contributed by atoms with van der Waals surface area (Å²) >= 11 is 0. The number of rotatable bonds is 8. The summed E-state index contributed by atoms with van der Waals surface area (Å²) in [4.78, 5) is 5.30. The van der Waals surface area contributed by atoms with Crippen LogP contribution in [-0.4, -0.2) is 9.55 Å². The number of hydrogen-bond donors (Lipinski definition) is 0. The SMILES string of the molecule is CC(C)c1cc(-c2ccc(-c3ccccc3)cc2)cc(C(C)C)c1-n1c(-c2[c-]ccc3c2oc2cc(C(C)(C)C#N)ccc23)nc2ccccc21.[2H]C([2H])([2H])C1=C[N-]C(c2[c-]cc(C([2H])([2H])[2H])cc2)C=C1C([2H])([2H])[2H].[Ir+3]. The predicted octanol–water partition coefficient (Wildman–Crippen LogP) is 16.8. The van der Waals surface area contributed by atoms with Gasteiger partial charge in [0.2, 0.25) is 0 Å².